The molecule has 10 nitrogen and oxygen atoms in total. The molecule has 0 aromatic heterocycles. The minimum atomic E-state index is -1.34. The smallest absolute Gasteiger partial charge is 0.410 e. The minimum absolute atomic E-state index is 0.0317. The molecule has 1 unspecified atom stereocenters. The minimum Gasteiger partial charge on any atom is -0.479 e. The maximum atomic E-state index is 12.1. The van der Waals surface area contributed by atoms with Crippen molar-refractivity contribution in [1.29, 1.82) is 0 Å². The van der Waals surface area contributed by atoms with Crippen LogP contribution in [0.2, 0.25) is 0 Å². The lowest BCUT2D eigenvalue weighted by atomic mass is 10.2. The summed E-state index contributed by atoms with van der Waals surface area (Å²) in [6, 6.07) is 0. The summed E-state index contributed by atoms with van der Waals surface area (Å²) in [6.07, 6.45) is 0.474. The summed E-state index contributed by atoms with van der Waals surface area (Å²) in [5.74, 6) is -1.49. The van der Waals surface area contributed by atoms with Crippen LogP contribution in [0.25, 0.3) is 0 Å². The van der Waals surface area contributed by atoms with Crippen molar-refractivity contribution in [2.24, 2.45) is 0 Å². The number of rotatable bonds is 9. The van der Waals surface area contributed by atoms with Crippen LogP contribution in [0.15, 0.2) is 12.2 Å². The Hall–Kier alpha value is -2.78. The van der Waals surface area contributed by atoms with E-state index in [9.17, 15) is 24.3 Å². The van der Waals surface area contributed by atoms with Gasteiger partial charge in [-0.3, -0.25) is 4.79 Å². The summed E-state index contributed by atoms with van der Waals surface area (Å²) in [6.45, 7) is 5.57. The number of hydrogen-bond acceptors (Lipinski definition) is 6. The molecule has 0 aliphatic carbocycles. The fourth-order valence-electron chi connectivity index (χ4n) is 1.85. The first-order chi connectivity index (χ1) is 13.2. The van der Waals surface area contributed by atoms with E-state index in [1.165, 1.54) is 40.9 Å². The number of allylic oxidation sites excluding steroid dienone is 1. The number of hydrogen-bond donors (Lipinski definition) is 1. The lowest BCUT2D eigenvalue weighted by Gasteiger charge is -2.26. The molecule has 0 bridgehead atoms. The van der Waals surface area contributed by atoms with E-state index in [4.69, 9.17) is 9.47 Å². The van der Waals surface area contributed by atoms with E-state index in [0.717, 1.165) is 0 Å². The third-order valence-electron chi connectivity index (χ3n) is 3.60. The van der Waals surface area contributed by atoms with Gasteiger partial charge in [0.25, 0.3) is 0 Å². The van der Waals surface area contributed by atoms with Crippen molar-refractivity contribution >= 4 is 24.1 Å². The number of ether oxygens (including phenoxy) is 2. The molecule has 10 heteroatoms. The summed E-state index contributed by atoms with van der Waals surface area (Å²) < 4.78 is 10.2. The largest absolute Gasteiger partial charge is 0.479 e. The molecule has 1 atom stereocenters. The van der Waals surface area contributed by atoms with Gasteiger partial charge in [0.05, 0.1) is 0 Å². The Morgan fingerprint density at radius 2 is 1.48 bits per heavy atom. The quantitative estimate of drug-likeness (QED) is 0.571. The predicted molar refractivity (Wildman–Crippen MR) is 106 cm³/mol. The average Bonchev–Trinajstić information content (AvgIpc) is 2.59. The normalized spacial score (nSPS) is 12.2. The second-order valence-electron chi connectivity index (χ2n) is 7.75. The van der Waals surface area contributed by atoms with Crippen molar-refractivity contribution in [3.8, 4) is 0 Å². The van der Waals surface area contributed by atoms with Crippen molar-refractivity contribution < 1.29 is 33.8 Å². The van der Waals surface area contributed by atoms with Gasteiger partial charge >= 0.3 is 18.2 Å². The van der Waals surface area contributed by atoms with Crippen molar-refractivity contribution in [2.75, 3.05) is 41.3 Å². The van der Waals surface area contributed by atoms with E-state index >= 15 is 0 Å². The Balaban J connectivity index is 4.54. The van der Waals surface area contributed by atoms with E-state index < -0.39 is 29.9 Å². The highest BCUT2D eigenvalue weighted by atomic mass is 16.6. The molecule has 0 heterocycles. The van der Waals surface area contributed by atoms with Crippen LogP contribution >= 0.6 is 0 Å². The molecule has 0 saturated heterocycles. The van der Waals surface area contributed by atoms with Gasteiger partial charge in [0.1, 0.15) is 5.60 Å². The number of likely N-dealkylation sites (N-methyl/N-ethyl adjacent to an activating group) is 3. The second kappa shape index (κ2) is 11.9. The first kappa shape index (κ1) is 26.2. The Morgan fingerprint density at radius 3 is 1.93 bits per heavy atom. The van der Waals surface area contributed by atoms with Crippen LogP contribution in [0.3, 0.4) is 0 Å². The van der Waals surface area contributed by atoms with Crippen LogP contribution in [-0.4, -0.2) is 96.9 Å². The van der Waals surface area contributed by atoms with Crippen LogP contribution in [-0.2, 0) is 19.1 Å². The van der Waals surface area contributed by atoms with Crippen LogP contribution in [0.4, 0.5) is 9.59 Å². The number of carboxylic acid groups (broad SMARTS) is 1. The van der Waals surface area contributed by atoms with Gasteiger partial charge in [0, 0.05) is 41.3 Å². The Labute approximate surface area is 172 Å². The van der Waals surface area contributed by atoms with Crippen LogP contribution < -0.4 is 0 Å². The molecule has 0 aliphatic heterocycles. The van der Waals surface area contributed by atoms with Gasteiger partial charge in [-0.05, 0) is 39.7 Å². The van der Waals surface area contributed by atoms with Crippen LogP contribution in [0, 0.1) is 0 Å². The van der Waals surface area contributed by atoms with E-state index in [0.29, 0.717) is 0 Å². The number of carboxylic acids is 1. The highest BCUT2D eigenvalue weighted by molar-refractivity contribution is 5.87. The fourth-order valence-corrected chi connectivity index (χ4v) is 1.85. The molecule has 0 fully saturated rings. The monoisotopic (exact) mass is 415 g/mol. The lowest BCUT2D eigenvalue weighted by molar-refractivity contribution is -0.147. The number of carbonyl (C=O) groups is 4. The SMILES string of the molecule is CN(C)C(=O)/C=C/CCC(OC(=O)N(C)CCN(C)C(=O)OC(C)(C)C)C(=O)O. The summed E-state index contributed by atoms with van der Waals surface area (Å²) in [7, 11) is 6.18. The van der Waals surface area contributed by atoms with Crippen LogP contribution in [0.5, 0.6) is 0 Å². The molecule has 0 radical (unpaired) electrons. The number of amides is 3. The maximum Gasteiger partial charge on any atom is 0.410 e. The number of nitrogens with zero attached hydrogens (tertiary/aromatic N) is 3. The Bertz CT molecular complexity index is 611. The first-order valence-electron chi connectivity index (χ1n) is 9.21. The van der Waals surface area contributed by atoms with Crippen molar-refractivity contribution in [3.63, 3.8) is 0 Å². The number of aliphatic carboxylic acids is 1. The molecule has 3 amide bonds. The maximum absolute atomic E-state index is 12.1. The first-order valence-corrected chi connectivity index (χ1v) is 9.21. The summed E-state index contributed by atoms with van der Waals surface area (Å²) >= 11 is 0. The molecular weight excluding hydrogens is 382 g/mol. The van der Waals surface area contributed by atoms with Gasteiger partial charge in [-0.25, -0.2) is 14.4 Å². The highest BCUT2D eigenvalue weighted by Crippen LogP contribution is 2.10. The average molecular weight is 415 g/mol. The molecule has 29 heavy (non-hydrogen) atoms. The van der Waals surface area contributed by atoms with Gasteiger partial charge < -0.3 is 29.3 Å². The zero-order valence-electron chi connectivity index (χ0n) is 18.3. The molecule has 1 N–H and O–H groups in total. The van der Waals surface area contributed by atoms with E-state index in [-0.39, 0.29) is 31.8 Å². The van der Waals surface area contributed by atoms with E-state index in [2.05, 4.69) is 0 Å². The lowest BCUT2D eigenvalue weighted by Crippen LogP contribution is -2.41. The fraction of sp³-hybridized carbons (Fsp3) is 0.684. The summed E-state index contributed by atoms with van der Waals surface area (Å²) in [5.41, 5.74) is -0.628. The predicted octanol–water partition coefficient (Wildman–Crippen LogP) is 1.80. The molecular formula is C19H33N3O7. The summed E-state index contributed by atoms with van der Waals surface area (Å²) in [4.78, 5) is 50.7. The molecule has 0 aromatic carbocycles. The van der Waals surface area contributed by atoms with E-state index in [1.807, 2.05) is 0 Å². The summed E-state index contributed by atoms with van der Waals surface area (Å²) in [5, 5.41) is 9.24. The third-order valence-corrected chi connectivity index (χ3v) is 3.60. The van der Waals surface area contributed by atoms with Gasteiger partial charge in [-0.1, -0.05) is 6.08 Å². The molecule has 0 saturated carbocycles. The van der Waals surface area contributed by atoms with Crippen molar-refractivity contribution in [1.82, 2.24) is 14.7 Å². The molecule has 166 valence electrons. The van der Waals surface area contributed by atoms with Gasteiger partial charge in [-0.15, -0.1) is 0 Å². The van der Waals surface area contributed by atoms with Crippen molar-refractivity contribution in [3.05, 3.63) is 12.2 Å². The Kier molecular flexibility index (Phi) is 10.8. The Morgan fingerprint density at radius 1 is 0.966 bits per heavy atom. The van der Waals surface area contributed by atoms with Gasteiger partial charge in [0.15, 0.2) is 0 Å². The van der Waals surface area contributed by atoms with E-state index in [1.54, 1.807) is 34.9 Å². The molecule has 0 aliphatic rings. The number of carbonyl (C=O) groups excluding carboxylic acids is 3. The molecule has 0 aromatic rings. The van der Waals surface area contributed by atoms with Gasteiger partial charge in [0.2, 0.25) is 12.0 Å². The zero-order chi connectivity index (χ0) is 22.8. The van der Waals surface area contributed by atoms with Crippen molar-refractivity contribution in [2.45, 2.75) is 45.3 Å². The molecule has 0 rings (SSSR count). The standard InChI is InChI=1S/C19H33N3O7/c1-19(2,3)29-18(27)22(7)13-12-21(6)17(26)28-14(16(24)25)10-8-9-11-15(23)20(4)5/h9,11,14H,8,10,12-13H2,1-7H3,(H,24,25)/b11-9+. The third kappa shape index (κ3) is 11.6. The van der Waals surface area contributed by atoms with Gasteiger partial charge in [-0.2, -0.15) is 0 Å². The zero-order valence-corrected chi connectivity index (χ0v) is 18.3. The second-order valence-corrected chi connectivity index (χ2v) is 7.75. The van der Waals surface area contributed by atoms with Crippen LogP contribution in [0.1, 0.15) is 33.6 Å². The molecule has 0 spiro atoms. The highest BCUT2D eigenvalue weighted by Gasteiger charge is 2.24. The topological polar surface area (TPSA) is 117 Å².